The maximum absolute atomic E-state index is 13.0. The Kier molecular flexibility index (Phi) is 35.4. The fraction of sp³-hybridized carbons (Fsp3) is 0.374. The van der Waals surface area contributed by atoms with E-state index in [0.29, 0.717) is 81.1 Å². The highest BCUT2D eigenvalue weighted by atomic mass is 35.5. The minimum Gasteiger partial charge on any atom is -0.508 e. The number of benzene rings is 10. The molecule has 2 unspecified atom stereocenters. The number of ether oxygens (including phenoxy) is 2. The molecule has 2 amide bonds. The van der Waals surface area contributed by atoms with Crippen molar-refractivity contribution in [1.29, 1.82) is 0 Å². The van der Waals surface area contributed by atoms with E-state index in [4.69, 9.17) is 26.8 Å². The number of hydrogen-bond donors (Lipinski definition) is 5. The molecule has 18 heteroatoms. The molecule has 1 fully saturated rings. The number of thioether (sulfide) groups is 1. The number of primary amides is 1. The number of esters is 1. The van der Waals surface area contributed by atoms with Crippen molar-refractivity contribution in [2.45, 2.75) is 185 Å². The van der Waals surface area contributed by atoms with E-state index in [1.165, 1.54) is 94.2 Å². The Morgan fingerprint density at radius 1 is 0.504 bits per heavy atom. The summed E-state index contributed by atoms with van der Waals surface area (Å²) in [6.07, 6.45) is 2.02. The van der Waals surface area contributed by atoms with Crippen molar-refractivity contribution in [2.75, 3.05) is 44.6 Å². The zero-order valence-corrected chi connectivity index (χ0v) is 79.1. The van der Waals surface area contributed by atoms with Gasteiger partial charge in [0.05, 0.1) is 17.0 Å². The molecule has 6 N–H and O–H groups in total. The highest BCUT2D eigenvalue weighted by Crippen LogP contribution is 2.59. The second-order valence-corrected chi connectivity index (χ2v) is 43.7. The monoisotopic (exact) mass is 1750 g/mol. The van der Waals surface area contributed by atoms with Crippen molar-refractivity contribution in [3.63, 3.8) is 0 Å². The number of fused-ring (bicyclic) bond motifs is 6. The fourth-order valence-electron chi connectivity index (χ4n) is 15.6. The lowest BCUT2D eigenvalue weighted by Gasteiger charge is -2.38. The molecule has 1 spiro atoms. The molecule has 0 radical (unpaired) electrons. The van der Waals surface area contributed by atoms with Gasteiger partial charge in [-0.2, -0.15) is 0 Å². The average Bonchev–Trinajstić information content (AvgIpc) is 1.57. The molecule has 10 aromatic carbocycles. The Balaban J connectivity index is 0.000000191. The lowest BCUT2D eigenvalue weighted by Crippen LogP contribution is -2.51. The van der Waals surface area contributed by atoms with Crippen molar-refractivity contribution < 1.29 is 53.2 Å². The van der Waals surface area contributed by atoms with Crippen LogP contribution in [-0.4, -0.2) is 111 Å². The number of piperazine rings is 1. The summed E-state index contributed by atoms with van der Waals surface area (Å²) in [4.78, 5) is 86.8. The molecule has 3 aliphatic rings. The van der Waals surface area contributed by atoms with Crippen LogP contribution < -0.4 is 37.0 Å². The Morgan fingerprint density at radius 2 is 0.896 bits per heavy atom. The van der Waals surface area contributed by atoms with Gasteiger partial charge in [-0.3, -0.25) is 33.7 Å². The zero-order chi connectivity index (χ0) is 91.9. The lowest BCUT2D eigenvalue weighted by atomic mass is 9.72. The second kappa shape index (κ2) is 44.2. The third-order valence-electron chi connectivity index (χ3n) is 22.2. The number of phenols is 2. The second-order valence-electron chi connectivity index (χ2n) is 38.3. The number of rotatable bonds is 21. The number of hydrogen-bond acceptors (Lipinski definition) is 14. The molecule has 2 atom stereocenters. The number of nitrogens with zero attached hydrogens (tertiary/aromatic N) is 1. The van der Waals surface area contributed by atoms with Crippen molar-refractivity contribution in [3.05, 3.63) is 316 Å². The predicted molar refractivity (Wildman–Crippen MR) is 516 cm³/mol. The van der Waals surface area contributed by atoms with Crippen LogP contribution in [0.3, 0.4) is 0 Å². The number of carbonyl (C=O) groups excluding carboxylic acids is 7. The summed E-state index contributed by atoms with van der Waals surface area (Å²) in [6.45, 7) is 44.0. The predicted octanol–water partition coefficient (Wildman–Crippen LogP) is 22.0. The number of phenolic OH excluding ortho intramolecular Hbond substituents is 2. The van der Waals surface area contributed by atoms with E-state index in [9.17, 15) is 43.8 Å². The molecule has 0 aromatic heterocycles. The third kappa shape index (κ3) is 27.8. The van der Waals surface area contributed by atoms with E-state index in [1.54, 1.807) is 30.3 Å². The molecule has 0 aliphatic carbocycles. The van der Waals surface area contributed by atoms with Crippen LogP contribution in [0.2, 0.25) is 5.02 Å². The van der Waals surface area contributed by atoms with Gasteiger partial charge in [-0.1, -0.05) is 285 Å². The average molecular weight is 1750 g/mol. The number of ketones is 4. The van der Waals surface area contributed by atoms with E-state index in [-0.39, 0.29) is 70.4 Å². The number of halogens is 1. The van der Waals surface area contributed by atoms with E-state index in [2.05, 4.69) is 272 Å². The Bertz CT molecular complexity index is 5020. The lowest BCUT2D eigenvalue weighted by molar-refractivity contribution is -0.126. The first-order valence-corrected chi connectivity index (χ1v) is 46.6. The summed E-state index contributed by atoms with van der Waals surface area (Å²) in [7, 11) is -1.90. The van der Waals surface area contributed by atoms with Gasteiger partial charge in [0.15, 0.2) is 11.4 Å². The summed E-state index contributed by atoms with van der Waals surface area (Å²) in [5.41, 5.74) is 11.3. The number of amides is 2. The Labute approximate surface area is 753 Å². The third-order valence-corrected chi connectivity index (χ3v) is 28.1. The highest BCUT2D eigenvalue weighted by Gasteiger charge is 2.54. The van der Waals surface area contributed by atoms with Gasteiger partial charge in [0.2, 0.25) is 11.8 Å². The maximum atomic E-state index is 13.0. The molecular weight excluding hydrogens is 1620 g/mol. The first kappa shape index (κ1) is 100. The molecule has 3 aliphatic heterocycles. The normalized spacial score (nSPS) is 14.0. The molecule has 10 aromatic rings. The number of nitrogens with one attached hydrogen (secondary N) is 2. The molecule has 0 saturated carbocycles. The van der Waals surface area contributed by atoms with Crippen molar-refractivity contribution in [1.82, 2.24) is 15.5 Å². The van der Waals surface area contributed by atoms with Crippen molar-refractivity contribution >= 4 is 87.5 Å². The first-order valence-electron chi connectivity index (χ1n) is 43.2. The molecule has 662 valence electrons. The van der Waals surface area contributed by atoms with Crippen LogP contribution in [0.15, 0.2) is 261 Å². The zero-order valence-electron chi connectivity index (χ0n) is 76.7. The van der Waals surface area contributed by atoms with E-state index < -0.39 is 40.8 Å². The van der Waals surface area contributed by atoms with Gasteiger partial charge in [-0.15, -0.1) is 11.8 Å². The largest absolute Gasteiger partial charge is 0.508 e. The molecule has 13 rings (SSSR count). The number of nitrogens with two attached hydrogens (primary N) is 1. The summed E-state index contributed by atoms with van der Waals surface area (Å²) in [5, 5.41) is 30.0. The summed E-state index contributed by atoms with van der Waals surface area (Å²) >= 11 is 7.20. The quantitative estimate of drug-likeness (QED) is 0.0256. The maximum Gasteiger partial charge on any atom is 0.340 e. The Morgan fingerprint density at radius 3 is 1.26 bits per heavy atom. The topological polar surface area (TPSA) is 232 Å². The minimum atomic E-state index is -1.90. The molecule has 3 heterocycles. The van der Waals surface area contributed by atoms with Gasteiger partial charge < -0.3 is 36.1 Å². The molecule has 1 saturated heterocycles. The first-order chi connectivity index (χ1) is 58.8. The van der Waals surface area contributed by atoms with Gasteiger partial charge in [0.1, 0.15) is 63.5 Å². The smallest absolute Gasteiger partial charge is 0.340 e. The molecule has 15 nitrogen and oxygen atoms in total. The van der Waals surface area contributed by atoms with Crippen molar-refractivity contribution in [2.24, 2.45) is 32.8 Å². The van der Waals surface area contributed by atoms with Gasteiger partial charge in [-0.05, 0) is 140 Å². The Hall–Kier alpha value is -10.3. The van der Waals surface area contributed by atoms with E-state index in [0.717, 1.165) is 24.3 Å². The van der Waals surface area contributed by atoms with E-state index in [1.807, 2.05) is 74.4 Å². The minimum absolute atomic E-state index is 0.00632. The summed E-state index contributed by atoms with van der Waals surface area (Å²) in [6, 6.07) is 86.8. The van der Waals surface area contributed by atoms with Gasteiger partial charge in [0.25, 0.3) is 0 Å². The highest BCUT2D eigenvalue weighted by molar-refractivity contribution is 8.00. The fourth-order valence-corrected chi connectivity index (χ4v) is 21.0. The molecular formula is C107H131ClN4O11PS+. The summed E-state index contributed by atoms with van der Waals surface area (Å²) < 4.78 is 11.9. The number of aromatic hydroxyl groups is 2. The van der Waals surface area contributed by atoms with Crippen LogP contribution in [0.5, 0.6) is 23.0 Å². The SMILES string of the molecule is CC(=O)CCNC(=O)CC(SCCC(=O)C(C)(C)C)C(N)=O.CC(C)(C)C(=O)CC[P+](c1ccccc1)(c1ccccc1)c1ccccc1.CC(C)(C)C(=O)c1ccc2c(c1)C(=O)OC21c2ccc(O)cc2Oc2cc(O)ccc21.CC(C)(C)C(c1ccccc1)c1ccc(Cl)cc1.CC(C)(C)C(c1ccccc1)c1ccccc1.CC(C)(C)N1CCNCC1. The van der Waals surface area contributed by atoms with Gasteiger partial charge >= 0.3 is 5.97 Å². The van der Waals surface area contributed by atoms with Crippen LogP contribution in [0, 0.1) is 27.1 Å². The standard InChI is InChI=1S/C25H20O6.C25H28OP.C17H19Cl.C17H20.C15H26N2O4S.C8H18N2/c1-24(2,3)22(28)13-4-7-17-16(10-13)23(29)31-25(17)18-8-5-14(26)11-20(18)30-21-12-15(27)6-9-19(21)25;1-25(2,3)24(26)19-20-27(21-13-7-4-8-14-21,22-15-9-5-10-16-22)23-17-11-6-12-18-23;1-17(2,3)16(13-7-5-4-6-8-13)14-9-11-15(18)12-10-14;1-17(2,3)16(14-10-6-4-7-11-14)15-12-8-5-9-13-15;1-10(18)5-7-17-13(20)9-11(14(16)21)22-8-6-12(19)15(2,3)4;1-8(2,3)10-6-4-9-5-7-10/h4-12,26-27H,1-3H3;4-18H,19-20H2,1-3H3;4-12,16H,1-3H3;4-13,16H,1-3H3;11H,5-9H2,1-4H3,(H2,16,21)(H,17,20);9H,4-7H2,1-3H3/q;+1;;;;. The number of Topliss-reactive ketones (excluding diaryl/α,β-unsaturated/α-hetero) is 4. The summed E-state index contributed by atoms with van der Waals surface area (Å²) in [5.74, 6) is 0.791. The van der Waals surface area contributed by atoms with E-state index >= 15 is 0 Å². The number of carbonyl (C=O) groups is 7. The van der Waals surface area contributed by atoms with Gasteiger partial charge in [0, 0.05) is 137 Å². The van der Waals surface area contributed by atoms with Crippen LogP contribution in [0.4, 0.5) is 0 Å². The van der Waals surface area contributed by atoms with Crippen LogP contribution in [0.25, 0.3) is 0 Å². The van der Waals surface area contributed by atoms with Crippen LogP contribution in [0.1, 0.15) is 229 Å². The van der Waals surface area contributed by atoms with Crippen LogP contribution in [-0.2, 0) is 34.3 Å². The molecule has 0 bridgehead atoms. The van der Waals surface area contributed by atoms with Gasteiger partial charge in [-0.25, -0.2) is 4.79 Å². The van der Waals surface area contributed by atoms with Crippen molar-refractivity contribution in [3.8, 4) is 23.0 Å². The van der Waals surface area contributed by atoms with Crippen LogP contribution >= 0.6 is 30.6 Å². The molecule has 125 heavy (non-hydrogen) atoms.